The standard InChI is InChI=1S/C13H22O3/c1-11(2)12(3)5-6-13(11,7-9(12)14)8-10(15)16-4/h9,14H,5-8H2,1-4H3/t9-,12+,13+/m0/s1. The Morgan fingerprint density at radius 2 is 2.00 bits per heavy atom. The summed E-state index contributed by atoms with van der Waals surface area (Å²) in [6.45, 7) is 6.54. The number of esters is 1. The Balaban J connectivity index is 2.33. The average Bonchev–Trinajstić information content (AvgIpc) is 2.47. The van der Waals surface area contributed by atoms with Crippen molar-refractivity contribution < 1.29 is 14.6 Å². The van der Waals surface area contributed by atoms with Crippen LogP contribution in [0.2, 0.25) is 0 Å². The molecule has 2 bridgehead atoms. The first-order valence-electron chi connectivity index (χ1n) is 6.04. The molecular formula is C13H22O3. The van der Waals surface area contributed by atoms with E-state index < -0.39 is 0 Å². The fourth-order valence-corrected chi connectivity index (χ4v) is 4.00. The van der Waals surface area contributed by atoms with E-state index in [1.54, 1.807) is 0 Å². The zero-order valence-electron chi connectivity index (χ0n) is 10.7. The molecule has 1 N–H and O–H groups in total. The van der Waals surface area contributed by atoms with Crippen molar-refractivity contribution in [3.05, 3.63) is 0 Å². The molecule has 2 fully saturated rings. The molecule has 2 aliphatic rings. The number of ether oxygens (including phenoxy) is 1. The molecule has 2 rings (SSSR count). The molecule has 3 nitrogen and oxygen atoms in total. The summed E-state index contributed by atoms with van der Waals surface area (Å²) >= 11 is 0. The minimum atomic E-state index is -0.277. The summed E-state index contributed by atoms with van der Waals surface area (Å²) in [4.78, 5) is 11.5. The highest BCUT2D eigenvalue weighted by Crippen LogP contribution is 2.73. The van der Waals surface area contributed by atoms with Crippen LogP contribution in [0.4, 0.5) is 0 Å². The minimum absolute atomic E-state index is 0.00755. The average molecular weight is 226 g/mol. The van der Waals surface area contributed by atoms with Crippen molar-refractivity contribution in [2.45, 2.75) is 52.6 Å². The van der Waals surface area contributed by atoms with E-state index in [-0.39, 0.29) is 28.3 Å². The number of hydrogen-bond donors (Lipinski definition) is 1. The number of hydrogen-bond acceptors (Lipinski definition) is 3. The highest BCUT2D eigenvalue weighted by Gasteiger charge is 2.69. The van der Waals surface area contributed by atoms with Gasteiger partial charge in [0, 0.05) is 0 Å². The monoisotopic (exact) mass is 226 g/mol. The molecule has 16 heavy (non-hydrogen) atoms. The topological polar surface area (TPSA) is 46.5 Å². The van der Waals surface area contributed by atoms with Crippen LogP contribution >= 0.6 is 0 Å². The Bertz CT molecular complexity index is 323. The summed E-state index contributed by atoms with van der Waals surface area (Å²) in [7, 11) is 1.44. The Labute approximate surface area is 97.2 Å². The van der Waals surface area contributed by atoms with Crippen LogP contribution in [0.25, 0.3) is 0 Å². The third-order valence-electron chi connectivity index (χ3n) is 5.91. The van der Waals surface area contributed by atoms with Gasteiger partial charge in [0.2, 0.25) is 0 Å². The van der Waals surface area contributed by atoms with Crippen LogP contribution in [0, 0.1) is 16.2 Å². The molecule has 0 aromatic rings. The van der Waals surface area contributed by atoms with Crippen molar-refractivity contribution in [3.63, 3.8) is 0 Å². The smallest absolute Gasteiger partial charge is 0.306 e. The van der Waals surface area contributed by atoms with E-state index in [2.05, 4.69) is 20.8 Å². The lowest BCUT2D eigenvalue weighted by Crippen LogP contribution is -2.37. The molecule has 2 saturated carbocycles. The number of aliphatic hydroxyl groups excluding tert-OH is 1. The quantitative estimate of drug-likeness (QED) is 0.734. The first kappa shape index (κ1) is 11.9. The predicted molar refractivity (Wildman–Crippen MR) is 60.8 cm³/mol. The molecular weight excluding hydrogens is 204 g/mol. The zero-order valence-corrected chi connectivity index (χ0v) is 10.7. The molecule has 0 unspecified atom stereocenters. The van der Waals surface area contributed by atoms with Crippen LogP contribution in [-0.4, -0.2) is 24.3 Å². The molecule has 0 radical (unpaired) electrons. The molecule has 3 atom stereocenters. The molecule has 0 heterocycles. The van der Waals surface area contributed by atoms with Crippen LogP contribution in [-0.2, 0) is 9.53 Å². The van der Waals surface area contributed by atoms with Crippen molar-refractivity contribution >= 4 is 5.97 Å². The highest BCUT2D eigenvalue weighted by atomic mass is 16.5. The van der Waals surface area contributed by atoms with Gasteiger partial charge in [0.05, 0.1) is 19.6 Å². The van der Waals surface area contributed by atoms with Crippen molar-refractivity contribution in [3.8, 4) is 0 Å². The van der Waals surface area contributed by atoms with Gasteiger partial charge in [-0.25, -0.2) is 0 Å². The Morgan fingerprint density at radius 3 is 2.38 bits per heavy atom. The van der Waals surface area contributed by atoms with Crippen molar-refractivity contribution in [1.29, 1.82) is 0 Å². The maximum atomic E-state index is 11.5. The molecule has 2 aliphatic carbocycles. The van der Waals surface area contributed by atoms with Gasteiger partial charge in [-0.2, -0.15) is 0 Å². The van der Waals surface area contributed by atoms with Gasteiger partial charge in [0.15, 0.2) is 0 Å². The molecule has 0 aromatic heterocycles. The summed E-state index contributed by atoms with van der Waals surface area (Å²) in [6.07, 6.45) is 2.95. The Morgan fingerprint density at radius 1 is 1.38 bits per heavy atom. The lowest BCUT2D eigenvalue weighted by molar-refractivity contribution is -0.145. The van der Waals surface area contributed by atoms with E-state index in [1.165, 1.54) is 7.11 Å². The van der Waals surface area contributed by atoms with Gasteiger partial charge < -0.3 is 9.84 Å². The summed E-state index contributed by atoms with van der Waals surface area (Å²) in [5.74, 6) is -0.147. The number of carbonyl (C=O) groups is 1. The van der Waals surface area contributed by atoms with Gasteiger partial charge in [-0.05, 0) is 35.5 Å². The van der Waals surface area contributed by atoms with Gasteiger partial charge in [-0.3, -0.25) is 4.79 Å². The van der Waals surface area contributed by atoms with Gasteiger partial charge in [0.1, 0.15) is 0 Å². The molecule has 0 aromatic carbocycles. The Hall–Kier alpha value is -0.570. The van der Waals surface area contributed by atoms with Crippen LogP contribution < -0.4 is 0 Å². The maximum absolute atomic E-state index is 11.5. The first-order valence-corrected chi connectivity index (χ1v) is 6.04. The first-order chi connectivity index (χ1) is 7.29. The number of fused-ring (bicyclic) bond motifs is 2. The van der Waals surface area contributed by atoms with E-state index in [1.807, 2.05) is 0 Å². The lowest BCUT2D eigenvalue weighted by atomic mass is 9.64. The fourth-order valence-electron chi connectivity index (χ4n) is 4.00. The van der Waals surface area contributed by atoms with E-state index in [4.69, 9.17) is 4.74 Å². The van der Waals surface area contributed by atoms with Crippen molar-refractivity contribution in [2.24, 2.45) is 16.2 Å². The Kier molecular flexibility index (Phi) is 2.40. The molecule has 0 saturated heterocycles. The van der Waals surface area contributed by atoms with E-state index in [0.717, 1.165) is 19.3 Å². The van der Waals surface area contributed by atoms with Gasteiger partial charge in [-0.1, -0.05) is 20.8 Å². The number of rotatable bonds is 2. The molecule has 92 valence electrons. The summed E-state index contributed by atoms with van der Waals surface area (Å²) in [5.41, 5.74) is -0.0944. The highest BCUT2D eigenvalue weighted by molar-refractivity contribution is 5.70. The number of carbonyl (C=O) groups excluding carboxylic acids is 1. The van der Waals surface area contributed by atoms with Crippen LogP contribution in [0.15, 0.2) is 0 Å². The van der Waals surface area contributed by atoms with Gasteiger partial charge in [-0.15, -0.1) is 0 Å². The van der Waals surface area contributed by atoms with Crippen molar-refractivity contribution in [1.82, 2.24) is 0 Å². The fraction of sp³-hybridized carbons (Fsp3) is 0.923. The summed E-state index contributed by atoms with van der Waals surface area (Å²) in [5, 5.41) is 10.2. The normalized spacial score (nSPS) is 44.7. The summed E-state index contributed by atoms with van der Waals surface area (Å²) < 4.78 is 4.80. The van der Waals surface area contributed by atoms with E-state index >= 15 is 0 Å². The molecule has 0 amide bonds. The van der Waals surface area contributed by atoms with Crippen LogP contribution in [0.5, 0.6) is 0 Å². The third-order valence-corrected chi connectivity index (χ3v) is 5.91. The summed E-state index contributed by atoms with van der Waals surface area (Å²) in [6, 6.07) is 0. The molecule has 0 aliphatic heterocycles. The van der Waals surface area contributed by atoms with E-state index in [9.17, 15) is 9.90 Å². The predicted octanol–water partition coefficient (Wildman–Crippen LogP) is 2.13. The molecule has 3 heteroatoms. The van der Waals surface area contributed by atoms with Gasteiger partial charge in [0.25, 0.3) is 0 Å². The van der Waals surface area contributed by atoms with Gasteiger partial charge >= 0.3 is 5.97 Å². The minimum Gasteiger partial charge on any atom is -0.469 e. The SMILES string of the molecule is COC(=O)C[C@@]12CC[C@](C)([C@@H](O)C1)C2(C)C. The second kappa shape index (κ2) is 3.22. The largest absolute Gasteiger partial charge is 0.469 e. The number of methoxy groups -OCH3 is 1. The second-order valence-corrected chi connectivity index (χ2v) is 6.30. The van der Waals surface area contributed by atoms with Crippen LogP contribution in [0.1, 0.15) is 46.5 Å². The van der Waals surface area contributed by atoms with Crippen LogP contribution in [0.3, 0.4) is 0 Å². The third kappa shape index (κ3) is 1.15. The van der Waals surface area contributed by atoms with E-state index in [0.29, 0.717) is 6.42 Å². The molecule has 0 spiro atoms. The zero-order chi connectivity index (χ0) is 12.2. The van der Waals surface area contributed by atoms with Crippen molar-refractivity contribution in [2.75, 3.05) is 7.11 Å². The second-order valence-electron chi connectivity index (χ2n) is 6.30. The maximum Gasteiger partial charge on any atom is 0.306 e. The lowest BCUT2D eigenvalue weighted by Gasteiger charge is -2.40. The number of aliphatic hydroxyl groups is 1.